The molecule has 1 aliphatic rings. The van der Waals surface area contributed by atoms with E-state index in [9.17, 15) is 4.79 Å². The van der Waals surface area contributed by atoms with E-state index in [1.54, 1.807) is 30.5 Å². The number of carbonyl (C=O) groups is 1. The van der Waals surface area contributed by atoms with Crippen molar-refractivity contribution in [3.63, 3.8) is 0 Å². The van der Waals surface area contributed by atoms with Crippen molar-refractivity contribution in [2.75, 3.05) is 5.32 Å². The van der Waals surface area contributed by atoms with Gasteiger partial charge in [0.05, 0.1) is 16.0 Å². The molecule has 7 heteroatoms. The zero-order valence-electron chi connectivity index (χ0n) is 13.5. The van der Waals surface area contributed by atoms with Gasteiger partial charge < -0.3 is 16.0 Å². The van der Waals surface area contributed by atoms with Gasteiger partial charge >= 0.3 is 0 Å². The highest BCUT2D eigenvalue weighted by Crippen LogP contribution is 2.30. The lowest BCUT2D eigenvalue weighted by Crippen LogP contribution is -2.21. The summed E-state index contributed by atoms with van der Waals surface area (Å²) in [5.41, 5.74) is 7.58. The molecule has 0 aliphatic heterocycles. The molecule has 0 spiro atoms. The molecule has 4 rings (SSSR count). The molecular formula is C18H18ClN5O. The third-order valence-electron chi connectivity index (χ3n) is 4.65. The first-order valence-electron chi connectivity index (χ1n) is 8.27. The summed E-state index contributed by atoms with van der Waals surface area (Å²) >= 11 is 6.19. The topological polar surface area (TPSA) is 96.7 Å². The van der Waals surface area contributed by atoms with Crippen molar-refractivity contribution in [2.24, 2.45) is 5.73 Å². The second-order valence-electron chi connectivity index (χ2n) is 6.37. The lowest BCUT2D eigenvalue weighted by molar-refractivity contribution is 0.104. The Morgan fingerprint density at radius 1 is 1.24 bits per heavy atom. The average molecular weight is 356 g/mol. The lowest BCUT2D eigenvalue weighted by atomic mass is 10.0. The van der Waals surface area contributed by atoms with Crippen molar-refractivity contribution in [1.29, 1.82) is 0 Å². The minimum atomic E-state index is -0.155. The van der Waals surface area contributed by atoms with Crippen molar-refractivity contribution in [3.8, 4) is 0 Å². The van der Waals surface area contributed by atoms with Gasteiger partial charge in [-0.15, -0.1) is 0 Å². The number of halogens is 1. The fourth-order valence-corrected chi connectivity index (χ4v) is 3.60. The number of aromatic amines is 1. The molecule has 3 aromatic rings. The number of carbonyl (C=O) groups excluding carboxylic acids is 1. The van der Waals surface area contributed by atoms with Gasteiger partial charge in [-0.25, -0.2) is 9.97 Å². The van der Waals surface area contributed by atoms with Crippen molar-refractivity contribution in [2.45, 2.75) is 31.3 Å². The molecule has 1 aliphatic carbocycles. The van der Waals surface area contributed by atoms with E-state index in [4.69, 9.17) is 17.3 Å². The van der Waals surface area contributed by atoms with Gasteiger partial charge in [-0.05, 0) is 31.4 Å². The quantitative estimate of drug-likeness (QED) is 0.625. The van der Waals surface area contributed by atoms with Crippen molar-refractivity contribution >= 4 is 34.2 Å². The molecular weight excluding hydrogens is 338 g/mol. The molecule has 2 heterocycles. The molecule has 1 aromatic carbocycles. The minimum Gasteiger partial charge on any atom is -0.367 e. The number of rotatable bonds is 4. The molecule has 1 fully saturated rings. The van der Waals surface area contributed by atoms with E-state index in [2.05, 4.69) is 20.3 Å². The molecule has 0 saturated heterocycles. The molecule has 1 saturated carbocycles. The second-order valence-corrected chi connectivity index (χ2v) is 6.78. The van der Waals surface area contributed by atoms with Crippen LogP contribution in [0.5, 0.6) is 0 Å². The van der Waals surface area contributed by atoms with Crippen LogP contribution in [0.2, 0.25) is 5.02 Å². The van der Waals surface area contributed by atoms with E-state index >= 15 is 0 Å². The van der Waals surface area contributed by atoms with Crippen LogP contribution < -0.4 is 11.1 Å². The fourth-order valence-electron chi connectivity index (χ4n) is 3.38. The minimum absolute atomic E-state index is 0.155. The number of fused-ring (bicyclic) bond motifs is 1. The molecule has 4 N–H and O–H groups in total. The van der Waals surface area contributed by atoms with Gasteiger partial charge in [0.25, 0.3) is 0 Å². The Morgan fingerprint density at radius 3 is 2.84 bits per heavy atom. The Balaban J connectivity index is 1.75. The highest BCUT2D eigenvalue weighted by Gasteiger charge is 2.25. The van der Waals surface area contributed by atoms with Gasteiger partial charge in [0.15, 0.2) is 5.78 Å². The summed E-state index contributed by atoms with van der Waals surface area (Å²) in [6.45, 7) is 0. The van der Waals surface area contributed by atoms with Gasteiger partial charge in [-0.3, -0.25) is 4.79 Å². The maximum absolute atomic E-state index is 13.0. The molecule has 6 nitrogen and oxygen atoms in total. The normalized spacial score (nSPS) is 20.1. The van der Waals surface area contributed by atoms with E-state index in [0.717, 1.165) is 19.3 Å². The number of nitrogens with zero attached hydrogens (tertiary/aromatic N) is 2. The van der Waals surface area contributed by atoms with Crippen LogP contribution in [0.3, 0.4) is 0 Å². The van der Waals surface area contributed by atoms with Crippen LogP contribution in [0.1, 0.15) is 35.2 Å². The second kappa shape index (κ2) is 6.46. The Morgan fingerprint density at radius 2 is 2.08 bits per heavy atom. The van der Waals surface area contributed by atoms with Crippen molar-refractivity contribution in [1.82, 2.24) is 15.0 Å². The summed E-state index contributed by atoms with van der Waals surface area (Å²) < 4.78 is 0. The molecule has 0 amide bonds. The summed E-state index contributed by atoms with van der Waals surface area (Å²) in [7, 11) is 0. The number of nitrogens with one attached hydrogen (secondary N) is 2. The van der Waals surface area contributed by atoms with Crippen LogP contribution in [0.4, 0.5) is 5.82 Å². The molecule has 2 aromatic heterocycles. The lowest BCUT2D eigenvalue weighted by Gasteiger charge is -2.14. The first-order valence-corrected chi connectivity index (χ1v) is 8.64. The number of H-pyrrole nitrogens is 1. The SMILES string of the molecule is N[C@H]1CC[C@@H](Nc2ncnc3[nH]cc(C(=O)c4ccccc4Cl)c23)C1. The summed E-state index contributed by atoms with van der Waals surface area (Å²) in [5, 5.41) is 4.54. The number of hydrogen-bond acceptors (Lipinski definition) is 5. The number of ketones is 1. The maximum atomic E-state index is 13.0. The van der Waals surface area contributed by atoms with E-state index in [1.165, 1.54) is 6.33 Å². The van der Waals surface area contributed by atoms with Crippen molar-refractivity contribution in [3.05, 3.63) is 52.9 Å². The summed E-state index contributed by atoms with van der Waals surface area (Å²) in [4.78, 5) is 24.6. The molecule has 0 bridgehead atoms. The molecule has 2 atom stereocenters. The summed E-state index contributed by atoms with van der Waals surface area (Å²) in [6.07, 6.45) is 6.02. The highest BCUT2D eigenvalue weighted by molar-refractivity contribution is 6.35. The first-order chi connectivity index (χ1) is 12.1. The van der Waals surface area contributed by atoms with Crippen LogP contribution in [0.15, 0.2) is 36.8 Å². The Kier molecular flexibility index (Phi) is 4.15. The van der Waals surface area contributed by atoms with Gasteiger partial charge in [0, 0.05) is 23.8 Å². The number of nitrogens with two attached hydrogens (primary N) is 1. The number of hydrogen-bond donors (Lipinski definition) is 3. The van der Waals surface area contributed by atoms with E-state index in [1.807, 2.05) is 0 Å². The van der Waals surface area contributed by atoms with Crippen LogP contribution in [0, 0.1) is 0 Å². The number of aromatic nitrogens is 3. The third kappa shape index (κ3) is 2.99. The Hall–Kier alpha value is -2.44. The van der Waals surface area contributed by atoms with Gasteiger partial charge in [0.1, 0.15) is 17.8 Å². The largest absolute Gasteiger partial charge is 0.367 e. The van der Waals surface area contributed by atoms with Gasteiger partial charge in [-0.2, -0.15) is 0 Å². The van der Waals surface area contributed by atoms with Gasteiger partial charge in [0.2, 0.25) is 0 Å². The standard InChI is InChI=1S/C18H18ClN5O/c19-14-4-2-1-3-12(14)16(25)13-8-21-17-15(13)18(23-9-22-17)24-11-6-5-10(20)7-11/h1-4,8-11H,5-7,20H2,(H2,21,22,23,24)/t10-,11+/m0/s1. The zero-order chi connectivity index (χ0) is 17.4. The number of benzene rings is 1. The van der Waals surface area contributed by atoms with Crippen molar-refractivity contribution < 1.29 is 4.79 Å². The zero-order valence-corrected chi connectivity index (χ0v) is 14.3. The van der Waals surface area contributed by atoms with E-state index in [-0.39, 0.29) is 17.9 Å². The van der Waals surface area contributed by atoms with Crippen LogP contribution in [-0.2, 0) is 0 Å². The molecule has 0 unspecified atom stereocenters. The van der Waals surface area contributed by atoms with Crippen LogP contribution in [0.25, 0.3) is 11.0 Å². The van der Waals surface area contributed by atoms with E-state index in [0.29, 0.717) is 33.0 Å². The smallest absolute Gasteiger partial charge is 0.196 e. The Bertz CT molecular complexity index is 938. The summed E-state index contributed by atoms with van der Waals surface area (Å²) in [5.74, 6) is 0.499. The fraction of sp³-hybridized carbons (Fsp3) is 0.278. The first kappa shape index (κ1) is 16.1. The predicted octanol–water partition coefficient (Wildman–Crippen LogP) is 3.13. The van der Waals surface area contributed by atoms with Gasteiger partial charge in [-0.1, -0.05) is 23.7 Å². The number of anilines is 1. The third-order valence-corrected chi connectivity index (χ3v) is 4.98. The average Bonchev–Trinajstić information content (AvgIpc) is 3.21. The molecule has 25 heavy (non-hydrogen) atoms. The van der Waals surface area contributed by atoms with Crippen LogP contribution in [-0.4, -0.2) is 32.8 Å². The Labute approximate surface area is 149 Å². The predicted molar refractivity (Wildman–Crippen MR) is 98.0 cm³/mol. The highest BCUT2D eigenvalue weighted by atomic mass is 35.5. The van der Waals surface area contributed by atoms with E-state index < -0.39 is 0 Å². The summed E-state index contributed by atoms with van der Waals surface area (Å²) in [6, 6.07) is 7.49. The molecule has 0 radical (unpaired) electrons. The maximum Gasteiger partial charge on any atom is 0.196 e. The molecule has 128 valence electrons. The monoisotopic (exact) mass is 355 g/mol. The van der Waals surface area contributed by atoms with Crippen LogP contribution >= 0.6 is 11.6 Å².